The summed E-state index contributed by atoms with van der Waals surface area (Å²) in [6.07, 6.45) is 4.65. The first-order chi connectivity index (χ1) is 12.9. The van der Waals surface area contributed by atoms with E-state index in [1.165, 1.54) is 61.5 Å². The number of fused-ring (bicyclic) bond motifs is 2. The van der Waals surface area contributed by atoms with Crippen molar-refractivity contribution in [3.05, 3.63) is 72.3 Å². The third-order valence-corrected chi connectivity index (χ3v) is 5.75. The molecule has 5 aromatic carbocycles. The van der Waals surface area contributed by atoms with Gasteiger partial charge in [0.15, 0.2) is 0 Å². The highest BCUT2D eigenvalue weighted by atomic mass is 14.5. The number of hydrogen-bond acceptors (Lipinski definition) is 1. The maximum Gasteiger partial charge on any atom is -0.00236 e. The van der Waals surface area contributed by atoms with E-state index in [0.29, 0.717) is 0 Å². The molecule has 5 rings (SSSR count). The van der Waals surface area contributed by atoms with E-state index >= 15 is 0 Å². The van der Waals surface area contributed by atoms with Crippen LogP contribution in [0.1, 0.15) is 24.8 Å². The normalized spacial score (nSPS) is 12.0. The SMILES string of the molecule is NCCCCCc1ccc2cccc3c4cccc5cccc(c1c23)c54. The molecule has 0 radical (unpaired) electrons. The van der Waals surface area contributed by atoms with Crippen molar-refractivity contribution in [1.82, 2.24) is 0 Å². The Morgan fingerprint density at radius 3 is 1.92 bits per heavy atom. The summed E-state index contributed by atoms with van der Waals surface area (Å²) in [6, 6.07) is 24.8. The van der Waals surface area contributed by atoms with E-state index in [4.69, 9.17) is 5.73 Å². The van der Waals surface area contributed by atoms with E-state index in [0.717, 1.165) is 19.4 Å². The van der Waals surface area contributed by atoms with Crippen LogP contribution in [-0.2, 0) is 6.42 Å². The topological polar surface area (TPSA) is 26.0 Å². The van der Waals surface area contributed by atoms with Gasteiger partial charge in [0.25, 0.3) is 0 Å². The third-order valence-electron chi connectivity index (χ3n) is 5.75. The molecular weight excluding hydrogens is 314 g/mol. The van der Waals surface area contributed by atoms with Crippen molar-refractivity contribution in [2.24, 2.45) is 5.73 Å². The number of hydrogen-bond donors (Lipinski definition) is 1. The quantitative estimate of drug-likeness (QED) is 0.224. The standard InChI is InChI=1S/C25H23N/c26-16-3-1-2-7-18-14-15-19-10-5-12-21-20-11-4-8-17-9-6-13-22(23(17)20)25(18)24(19)21/h4-6,8-15H,1-3,7,16,26H2. The van der Waals surface area contributed by atoms with Crippen LogP contribution in [0.5, 0.6) is 0 Å². The van der Waals surface area contributed by atoms with E-state index in [-0.39, 0.29) is 0 Å². The molecule has 0 atom stereocenters. The zero-order chi connectivity index (χ0) is 17.5. The van der Waals surface area contributed by atoms with Crippen molar-refractivity contribution in [1.29, 1.82) is 0 Å². The van der Waals surface area contributed by atoms with Crippen molar-refractivity contribution >= 4 is 43.1 Å². The van der Waals surface area contributed by atoms with Gasteiger partial charge in [-0.15, -0.1) is 0 Å². The molecule has 0 fully saturated rings. The Kier molecular flexibility index (Phi) is 3.76. The molecule has 0 spiro atoms. The van der Waals surface area contributed by atoms with Gasteiger partial charge in [-0.05, 0) is 74.5 Å². The molecule has 0 aromatic heterocycles. The first kappa shape index (κ1) is 15.6. The number of benzene rings is 5. The summed E-state index contributed by atoms with van der Waals surface area (Å²) in [5.74, 6) is 0. The zero-order valence-electron chi connectivity index (χ0n) is 15.0. The van der Waals surface area contributed by atoms with Crippen molar-refractivity contribution in [2.75, 3.05) is 6.54 Å². The average Bonchev–Trinajstić information content (AvgIpc) is 2.69. The minimum atomic E-state index is 0.793. The van der Waals surface area contributed by atoms with Gasteiger partial charge in [-0.25, -0.2) is 0 Å². The van der Waals surface area contributed by atoms with Crippen LogP contribution < -0.4 is 5.73 Å². The van der Waals surface area contributed by atoms with E-state index in [1.54, 1.807) is 0 Å². The third kappa shape index (κ3) is 2.28. The summed E-state index contributed by atoms with van der Waals surface area (Å²) in [6.45, 7) is 0.793. The molecule has 0 saturated carbocycles. The fourth-order valence-corrected chi connectivity index (χ4v) is 4.57. The second-order valence-corrected chi connectivity index (χ2v) is 7.31. The number of aryl methyl sites for hydroxylation is 1. The molecule has 1 heteroatoms. The van der Waals surface area contributed by atoms with E-state index in [2.05, 4.69) is 66.7 Å². The minimum absolute atomic E-state index is 0.793. The fourth-order valence-electron chi connectivity index (χ4n) is 4.57. The minimum Gasteiger partial charge on any atom is -0.330 e. The first-order valence-electron chi connectivity index (χ1n) is 9.65. The monoisotopic (exact) mass is 337 g/mol. The Morgan fingerprint density at radius 2 is 1.19 bits per heavy atom. The summed E-state index contributed by atoms with van der Waals surface area (Å²) in [5.41, 5.74) is 7.15. The Labute approximate surface area is 153 Å². The van der Waals surface area contributed by atoms with Crippen LogP contribution in [0.15, 0.2) is 66.7 Å². The molecule has 26 heavy (non-hydrogen) atoms. The lowest BCUT2D eigenvalue weighted by Crippen LogP contribution is -1.98. The highest BCUT2D eigenvalue weighted by Gasteiger charge is 2.14. The van der Waals surface area contributed by atoms with Crippen molar-refractivity contribution in [3.63, 3.8) is 0 Å². The molecule has 5 aromatic rings. The van der Waals surface area contributed by atoms with E-state index in [1.807, 2.05) is 0 Å². The van der Waals surface area contributed by atoms with Gasteiger partial charge in [-0.3, -0.25) is 0 Å². The Balaban J connectivity index is 1.88. The van der Waals surface area contributed by atoms with Crippen LogP contribution in [0.25, 0.3) is 43.1 Å². The van der Waals surface area contributed by atoms with Crippen molar-refractivity contribution in [3.8, 4) is 0 Å². The molecule has 0 unspecified atom stereocenters. The van der Waals surface area contributed by atoms with Gasteiger partial charge in [0.2, 0.25) is 0 Å². The highest BCUT2D eigenvalue weighted by Crippen LogP contribution is 2.41. The maximum absolute atomic E-state index is 5.67. The smallest absolute Gasteiger partial charge is 0.00236 e. The highest BCUT2D eigenvalue weighted by molar-refractivity contribution is 6.33. The van der Waals surface area contributed by atoms with Crippen LogP contribution in [-0.4, -0.2) is 6.54 Å². The van der Waals surface area contributed by atoms with Crippen LogP contribution in [0, 0.1) is 0 Å². The van der Waals surface area contributed by atoms with Crippen LogP contribution in [0.2, 0.25) is 0 Å². The molecule has 128 valence electrons. The van der Waals surface area contributed by atoms with Gasteiger partial charge in [0.1, 0.15) is 0 Å². The predicted molar refractivity (Wildman–Crippen MR) is 114 cm³/mol. The number of rotatable bonds is 5. The number of unbranched alkanes of at least 4 members (excludes halogenated alkanes) is 2. The Hall–Kier alpha value is -2.64. The lowest BCUT2D eigenvalue weighted by atomic mass is 9.86. The molecule has 0 aliphatic rings. The average molecular weight is 337 g/mol. The summed E-state index contributed by atoms with van der Waals surface area (Å²) < 4.78 is 0. The Morgan fingerprint density at radius 1 is 0.538 bits per heavy atom. The zero-order valence-corrected chi connectivity index (χ0v) is 15.0. The van der Waals surface area contributed by atoms with Gasteiger partial charge in [-0.1, -0.05) is 73.2 Å². The van der Waals surface area contributed by atoms with Crippen molar-refractivity contribution in [2.45, 2.75) is 25.7 Å². The Bertz CT molecular complexity index is 1210. The van der Waals surface area contributed by atoms with Gasteiger partial charge < -0.3 is 5.73 Å². The lowest BCUT2D eigenvalue weighted by Gasteiger charge is -2.17. The number of nitrogens with two attached hydrogens (primary N) is 1. The van der Waals surface area contributed by atoms with Gasteiger partial charge >= 0.3 is 0 Å². The van der Waals surface area contributed by atoms with Gasteiger partial charge in [-0.2, -0.15) is 0 Å². The molecule has 0 aliphatic heterocycles. The second-order valence-electron chi connectivity index (χ2n) is 7.31. The molecule has 1 nitrogen and oxygen atoms in total. The molecular formula is C25H23N. The van der Waals surface area contributed by atoms with Crippen LogP contribution in [0.4, 0.5) is 0 Å². The van der Waals surface area contributed by atoms with Crippen LogP contribution in [0.3, 0.4) is 0 Å². The summed E-state index contributed by atoms with van der Waals surface area (Å²) in [4.78, 5) is 0. The fraction of sp³-hybridized carbons (Fsp3) is 0.200. The van der Waals surface area contributed by atoms with Crippen LogP contribution >= 0.6 is 0 Å². The molecule has 2 N–H and O–H groups in total. The molecule has 0 aliphatic carbocycles. The van der Waals surface area contributed by atoms with E-state index in [9.17, 15) is 0 Å². The maximum atomic E-state index is 5.67. The second kappa shape index (κ2) is 6.26. The predicted octanol–water partition coefficient (Wildman–Crippen LogP) is 6.41. The molecule has 0 bridgehead atoms. The largest absolute Gasteiger partial charge is 0.330 e. The lowest BCUT2D eigenvalue weighted by molar-refractivity contribution is 0.688. The van der Waals surface area contributed by atoms with E-state index < -0.39 is 0 Å². The van der Waals surface area contributed by atoms with Crippen molar-refractivity contribution < 1.29 is 0 Å². The first-order valence-corrected chi connectivity index (χ1v) is 9.65. The molecule has 0 heterocycles. The summed E-state index contributed by atoms with van der Waals surface area (Å²) in [7, 11) is 0. The van der Waals surface area contributed by atoms with Gasteiger partial charge in [0, 0.05) is 0 Å². The van der Waals surface area contributed by atoms with Gasteiger partial charge in [0.05, 0.1) is 0 Å². The molecule has 0 saturated heterocycles. The summed E-state index contributed by atoms with van der Waals surface area (Å²) in [5, 5.41) is 11.1. The summed E-state index contributed by atoms with van der Waals surface area (Å²) >= 11 is 0. The molecule has 0 amide bonds.